The van der Waals surface area contributed by atoms with Crippen LogP contribution in [0.15, 0.2) is 36.4 Å². The van der Waals surface area contributed by atoms with Gasteiger partial charge in [-0.3, -0.25) is 4.79 Å². The number of hydrogen-bond acceptors (Lipinski definition) is 5. The number of hydrogen-bond donors (Lipinski definition) is 0. The summed E-state index contributed by atoms with van der Waals surface area (Å²) >= 11 is 11.7. The third kappa shape index (κ3) is 4.88. The van der Waals surface area contributed by atoms with Gasteiger partial charge in [0.25, 0.3) is 0 Å². The smallest absolute Gasteiger partial charge is 0.349 e. The monoisotopic (exact) mass is 368 g/mol. The van der Waals surface area contributed by atoms with Gasteiger partial charge in [-0.15, -0.1) is 0 Å². The summed E-state index contributed by atoms with van der Waals surface area (Å²) < 4.78 is 15.9. The van der Waals surface area contributed by atoms with Crippen molar-refractivity contribution in [2.45, 2.75) is 6.92 Å². The van der Waals surface area contributed by atoms with Crippen LogP contribution in [-0.2, 0) is 4.79 Å². The normalized spacial score (nSPS) is 10.1. The number of halogens is 2. The summed E-state index contributed by atoms with van der Waals surface area (Å²) in [4.78, 5) is 22.7. The van der Waals surface area contributed by atoms with Crippen molar-refractivity contribution in [1.82, 2.24) is 0 Å². The first-order valence-corrected chi connectivity index (χ1v) is 7.79. The molecule has 2 aromatic carbocycles. The summed E-state index contributed by atoms with van der Waals surface area (Å²) in [5, 5.41) is 0.757. The van der Waals surface area contributed by atoms with Gasteiger partial charge in [0.1, 0.15) is 12.0 Å². The predicted molar refractivity (Wildman–Crippen MR) is 90.6 cm³/mol. The molecular formula is C17H14Cl2O5. The first-order chi connectivity index (χ1) is 11.5. The number of aldehydes is 1. The number of ether oxygens (including phenoxy) is 3. The van der Waals surface area contributed by atoms with E-state index in [1.165, 1.54) is 24.3 Å². The van der Waals surface area contributed by atoms with Crippen molar-refractivity contribution in [2.75, 3.05) is 13.2 Å². The van der Waals surface area contributed by atoms with Gasteiger partial charge in [0.05, 0.1) is 11.6 Å². The Morgan fingerprint density at radius 3 is 2.46 bits per heavy atom. The van der Waals surface area contributed by atoms with Crippen molar-refractivity contribution in [3.8, 4) is 17.2 Å². The van der Waals surface area contributed by atoms with Crippen LogP contribution in [0.3, 0.4) is 0 Å². The molecule has 0 spiro atoms. The van der Waals surface area contributed by atoms with E-state index in [1.54, 1.807) is 19.1 Å². The molecule has 0 fully saturated rings. The Kier molecular flexibility index (Phi) is 6.46. The number of rotatable bonds is 7. The van der Waals surface area contributed by atoms with E-state index < -0.39 is 5.97 Å². The Balaban J connectivity index is 2.02. The molecule has 0 aromatic heterocycles. The molecule has 0 unspecified atom stereocenters. The van der Waals surface area contributed by atoms with E-state index in [-0.39, 0.29) is 12.4 Å². The molecule has 0 atom stereocenters. The molecule has 0 amide bonds. The molecule has 0 saturated heterocycles. The highest BCUT2D eigenvalue weighted by atomic mass is 35.5. The van der Waals surface area contributed by atoms with Crippen molar-refractivity contribution in [2.24, 2.45) is 0 Å². The average Bonchev–Trinajstić information content (AvgIpc) is 2.56. The number of benzene rings is 2. The maximum Gasteiger partial charge on any atom is 0.349 e. The molecule has 0 aliphatic rings. The van der Waals surface area contributed by atoms with Crippen LogP contribution in [0.1, 0.15) is 17.3 Å². The summed E-state index contributed by atoms with van der Waals surface area (Å²) in [7, 11) is 0. The Bertz CT molecular complexity index is 746. The maximum absolute atomic E-state index is 11.9. The zero-order valence-electron chi connectivity index (χ0n) is 12.8. The SMILES string of the molecule is CCOc1cc(C=O)ccc1OC(=O)COc1ccc(Cl)cc1Cl. The second kappa shape index (κ2) is 8.57. The van der Waals surface area contributed by atoms with E-state index in [9.17, 15) is 9.59 Å². The van der Waals surface area contributed by atoms with Gasteiger partial charge in [-0.2, -0.15) is 0 Å². The Labute approximate surface area is 149 Å². The van der Waals surface area contributed by atoms with Crippen LogP contribution in [0.2, 0.25) is 10.0 Å². The van der Waals surface area contributed by atoms with Crippen LogP contribution < -0.4 is 14.2 Å². The Morgan fingerprint density at radius 2 is 1.79 bits per heavy atom. The van der Waals surface area contributed by atoms with Crippen molar-refractivity contribution < 1.29 is 23.8 Å². The highest BCUT2D eigenvalue weighted by molar-refractivity contribution is 6.35. The van der Waals surface area contributed by atoms with Crippen molar-refractivity contribution in [3.63, 3.8) is 0 Å². The lowest BCUT2D eigenvalue weighted by Gasteiger charge is -2.12. The van der Waals surface area contributed by atoms with Gasteiger partial charge in [0.2, 0.25) is 0 Å². The summed E-state index contributed by atoms with van der Waals surface area (Å²) in [5.41, 5.74) is 0.419. The number of esters is 1. The van der Waals surface area contributed by atoms with Crippen LogP contribution in [0.25, 0.3) is 0 Å². The molecule has 2 aromatic rings. The lowest BCUT2D eigenvalue weighted by Crippen LogP contribution is -2.18. The molecule has 0 N–H and O–H groups in total. The zero-order chi connectivity index (χ0) is 17.5. The highest BCUT2D eigenvalue weighted by Gasteiger charge is 2.13. The van der Waals surface area contributed by atoms with Crippen LogP contribution in [0.4, 0.5) is 0 Å². The molecule has 0 radical (unpaired) electrons. The summed E-state index contributed by atoms with van der Waals surface area (Å²) in [6, 6.07) is 9.17. The van der Waals surface area contributed by atoms with E-state index in [0.717, 1.165) is 0 Å². The minimum atomic E-state index is -0.638. The van der Waals surface area contributed by atoms with Crippen molar-refractivity contribution >= 4 is 35.5 Å². The number of carbonyl (C=O) groups excluding carboxylic acids is 2. The minimum Gasteiger partial charge on any atom is -0.490 e. The standard InChI is InChI=1S/C17H14Cl2O5/c1-2-22-16-7-11(9-20)3-5-15(16)24-17(21)10-23-14-6-4-12(18)8-13(14)19/h3-9H,2,10H2,1H3. The van der Waals surface area contributed by atoms with Gasteiger partial charge in [0, 0.05) is 10.6 Å². The second-order valence-electron chi connectivity index (χ2n) is 4.59. The Morgan fingerprint density at radius 1 is 1.04 bits per heavy atom. The lowest BCUT2D eigenvalue weighted by atomic mass is 10.2. The third-order valence-electron chi connectivity index (χ3n) is 2.87. The number of carbonyl (C=O) groups is 2. The molecule has 2 rings (SSSR count). The van der Waals surface area contributed by atoms with Gasteiger partial charge in [-0.1, -0.05) is 23.2 Å². The van der Waals surface area contributed by atoms with Gasteiger partial charge in [0.15, 0.2) is 18.1 Å². The summed E-state index contributed by atoms with van der Waals surface area (Å²) in [5.74, 6) is 0.193. The largest absolute Gasteiger partial charge is 0.490 e. The van der Waals surface area contributed by atoms with Crippen LogP contribution >= 0.6 is 23.2 Å². The van der Waals surface area contributed by atoms with E-state index in [1.807, 2.05) is 0 Å². The summed E-state index contributed by atoms with van der Waals surface area (Å²) in [6.45, 7) is 1.80. The second-order valence-corrected chi connectivity index (χ2v) is 5.44. The Hall–Kier alpha value is -2.24. The molecule has 24 heavy (non-hydrogen) atoms. The van der Waals surface area contributed by atoms with Crippen LogP contribution in [0.5, 0.6) is 17.2 Å². The predicted octanol–water partition coefficient (Wildman–Crippen LogP) is 4.19. The minimum absolute atomic E-state index is 0.207. The molecule has 7 heteroatoms. The average molecular weight is 369 g/mol. The quantitative estimate of drug-likeness (QED) is 0.416. The summed E-state index contributed by atoms with van der Waals surface area (Å²) in [6.07, 6.45) is 0.680. The maximum atomic E-state index is 11.9. The molecule has 0 aliphatic carbocycles. The van der Waals surface area contributed by atoms with Gasteiger partial charge >= 0.3 is 5.97 Å². The van der Waals surface area contributed by atoms with Gasteiger partial charge in [-0.25, -0.2) is 4.79 Å². The molecule has 126 valence electrons. The first kappa shape index (κ1) is 18.1. The van der Waals surface area contributed by atoms with Gasteiger partial charge in [-0.05, 0) is 43.3 Å². The van der Waals surface area contributed by atoms with Crippen molar-refractivity contribution in [1.29, 1.82) is 0 Å². The van der Waals surface area contributed by atoms with Crippen LogP contribution in [-0.4, -0.2) is 25.5 Å². The first-order valence-electron chi connectivity index (χ1n) is 7.04. The fraction of sp³-hybridized carbons (Fsp3) is 0.176. The molecule has 0 aliphatic heterocycles. The topological polar surface area (TPSA) is 61.8 Å². The zero-order valence-corrected chi connectivity index (χ0v) is 14.3. The van der Waals surface area contributed by atoms with Gasteiger partial charge < -0.3 is 14.2 Å². The molecule has 0 saturated carbocycles. The molecule has 0 bridgehead atoms. The lowest BCUT2D eigenvalue weighted by molar-refractivity contribution is -0.136. The molecule has 5 nitrogen and oxygen atoms in total. The van der Waals surface area contributed by atoms with E-state index in [2.05, 4.69) is 0 Å². The van der Waals surface area contributed by atoms with E-state index in [4.69, 9.17) is 37.4 Å². The third-order valence-corrected chi connectivity index (χ3v) is 3.40. The van der Waals surface area contributed by atoms with Crippen molar-refractivity contribution in [3.05, 3.63) is 52.0 Å². The fourth-order valence-electron chi connectivity index (χ4n) is 1.83. The van der Waals surface area contributed by atoms with Crippen LogP contribution in [0, 0.1) is 0 Å². The molecular weight excluding hydrogens is 355 g/mol. The fourth-order valence-corrected chi connectivity index (χ4v) is 2.29. The van der Waals surface area contributed by atoms with E-state index in [0.29, 0.717) is 40.0 Å². The van der Waals surface area contributed by atoms with E-state index >= 15 is 0 Å². The highest BCUT2D eigenvalue weighted by Crippen LogP contribution is 2.29. The molecule has 0 heterocycles.